The summed E-state index contributed by atoms with van der Waals surface area (Å²) in [7, 11) is 1.59. The topological polar surface area (TPSA) is 48.4 Å². The number of thiazole rings is 1. The summed E-state index contributed by atoms with van der Waals surface area (Å²) in [6.07, 6.45) is 0. The van der Waals surface area contributed by atoms with E-state index in [1.54, 1.807) is 14.0 Å². The predicted molar refractivity (Wildman–Crippen MR) is 83.1 cm³/mol. The third-order valence-corrected chi connectivity index (χ3v) is 4.26. The average molecular weight is 305 g/mol. The number of carbonyl (C=O) groups is 1. The minimum atomic E-state index is 0.0119. The average Bonchev–Trinajstić information content (AvgIpc) is 2.82. The predicted octanol–water partition coefficient (Wildman–Crippen LogP) is 3.69. The second kappa shape index (κ2) is 6.83. The maximum atomic E-state index is 11.6. The van der Waals surface area contributed by atoms with Crippen molar-refractivity contribution >= 4 is 17.1 Å². The molecule has 1 aromatic heterocycles. The number of rotatable bonds is 6. The number of benzene rings is 1. The number of hydrogen-bond acceptors (Lipinski definition) is 5. The summed E-state index contributed by atoms with van der Waals surface area (Å²) in [4.78, 5) is 16.7. The molecule has 0 aliphatic carbocycles. The Labute approximate surface area is 128 Å². The Bertz CT molecular complexity index is 629. The highest BCUT2D eigenvalue weighted by molar-refractivity contribution is 7.13. The van der Waals surface area contributed by atoms with Gasteiger partial charge < -0.3 is 9.47 Å². The summed E-state index contributed by atoms with van der Waals surface area (Å²) in [5, 5.41) is 0.787. The van der Waals surface area contributed by atoms with Crippen LogP contribution in [0.3, 0.4) is 0 Å². The Morgan fingerprint density at radius 2 is 1.90 bits per heavy atom. The summed E-state index contributed by atoms with van der Waals surface area (Å²) >= 11 is 1.37. The van der Waals surface area contributed by atoms with E-state index in [9.17, 15) is 4.79 Å². The number of methoxy groups -OCH3 is 1. The van der Waals surface area contributed by atoms with Crippen LogP contribution in [0.15, 0.2) is 18.2 Å². The van der Waals surface area contributed by atoms with Gasteiger partial charge in [-0.15, -0.1) is 11.3 Å². The van der Waals surface area contributed by atoms with E-state index in [0.29, 0.717) is 23.8 Å². The zero-order chi connectivity index (χ0) is 15.4. The molecule has 0 unspecified atom stereocenters. The molecule has 5 heteroatoms. The van der Waals surface area contributed by atoms with Crippen LogP contribution in [0.1, 0.15) is 38.4 Å². The van der Waals surface area contributed by atoms with Crippen LogP contribution in [0.25, 0.3) is 0 Å². The van der Waals surface area contributed by atoms with E-state index in [-0.39, 0.29) is 5.78 Å². The number of carbonyl (C=O) groups excluding carboxylic acids is 1. The SMILES string of the molecule is COCc1nc(COc2c(C)cccc2C)sc1C(C)=O. The summed E-state index contributed by atoms with van der Waals surface area (Å²) in [5.74, 6) is 0.892. The Hall–Kier alpha value is -1.72. The van der Waals surface area contributed by atoms with Gasteiger partial charge in [0, 0.05) is 14.0 Å². The molecule has 4 nitrogen and oxygen atoms in total. The molecule has 0 bridgehead atoms. The molecule has 0 radical (unpaired) electrons. The molecule has 21 heavy (non-hydrogen) atoms. The van der Waals surface area contributed by atoms with Gasteiger partial charge in [-0.2, -0.15) is 0 Å². The Balaban J connectivity index is 2.17. The van der Waals surface area contributed by atoms with Crippen molar-refractivity contribution in [3.8, 4) is 5.75 Å². The highest BCUT2D eigenvalue weighted by atomic mass is 32.1. The maximum Gasteiger partial charge on any atom is 0.171 e. The Morgan fingerprint density at radius 1 is 1.24 bits per heavy atom. The van der Waals surface area contributed by atoms with Crippen molar-refractivity contribution < 1.29 is 14.3 Å². The molecule has 0 saturated heterocycles. The van der Waals surface area contributed by atoms with E-state index >= 15 is 0 Å². The van der Waals surface area contributed by atoms with Crippen molar-refractivity contribution in [2.45, 2.75) is 34.0 Å². The van der Waals surface area contributed by atoms with Gasteiger partial charge in [-0.05, 0) is 25.0 Å². The number of hydrogen-bond donors (Lipinski definition) is 0. The zero-order valence-corrected chi connectivity index (χ0v) is 13.5. The zero-order valence-electron chi connectivity index (χ0n) is 12.7. The minimum Gasteiger partial charge on any atom is -0.486 e. The van der Waals surface area contributed by atoms with E-state index in [1.165, 1.54) is 11.3 Å². The number of nitrogens with zero attached hydrogens (tertiary/aromatic N) is 1. The largest absolute Gasteiger partial charge is 0.486 e. The molecule has 1 heterocycles. The van der Waals surface area contributed by atoms with Crippen molar-refractivity contribution in [2.24, 2.45) is 0 Å². The van der Waals surface area contributed by atoms with Crippen LogP contribution in [0.2, 0.25) is 0 Å². The number of aromatic nitrogens is 1. The molecule has 2 rings (SSSR count). The fourth-order valence-corrected chi connectivity index (χ4v) is 3.01. The van der Waals surface area contributed by atoms with Crippen LogP contribution < -0.4 is 4.74 Å². The summed E-state index contributed by atoms with van der Waals surface area (Å²) in [6.45, 7) is 6.28. The number of para-hydroxylation sites is 1. The van der Waals surface area contributed by atoms with Gasteiger partial charge in [0.05, 0.1) is 17.2 Å². The van der Waals surface area contributed by atoms with E-state index in [4.69, 9.17) is 9.47 Å². The van der Waals surface area contributed by atoms with Gasteiger partial charge in [0.1, 0.15) is 17.4 Å². The molecule has 0 saturated carbocycles. The van der Waals surface area contributed by atoms with Crippen LogP contribution in [-0.2, 0) is 18.0 Å². The summed E-state index contributed by atoms with van der Waals surface area (Å²) in [6, 6.07) is 6.04. The van der Waals surface area contributed by atoms with Crippen LogP contribution in [0.5, 0.6) is 5.75 Å². The van der Waals surface area contributed by atoms with Gasteiger partial charge in [-0.3, -0.25) is 4.79 Å². The molecule has 0 fully saturated rings. The normalized spacial score (nSPS) is 10.7. The van der Waals surface area contributed by atoms with Crippen molar-refractivity contribution in [3.63, 3.8) is 0 Å². The third kappa shape index (κ3) is 3.68. The standard InChI is InChI=1S/C16H19NO3S/c1-10-6-5-7-11(2)15(10)20-9-14-17-13(8-19-4)16(21-14)12(3)18/h5-7H,8-9H2,1-4H3. The molecular weight excluding hydrogens is 286 g/mol. The Morgan fingerprint density at radius 3 is 2.48 bits per heavy atom. The monoisotopic (exact) mass is 305 g/mol. The van der Waals surface area contributed by atoms with Crippen molar-refractivity contribution in [1.29, 1.82) is 0 Å². The van der Waals surface area contributed by atoms with Crippen molar-refractivity contribution in [2.75, 3.05) is 7.11 Å². The highest BCUT2D eigenvalue weighted by Gasteiger charge is 2.15. The number of Topliss-reactive ketones (excluding diaryl/α,β-unsaturated/α-hetero) is 1. The molecule has 0 spiro atoms. The van der Waals surface area contributed by atoms with Crippen LogP contribution >= 0.6 is 11.3 Å². The van der Waals surface area contributed by atoms with Gasteiger partial charge >= 0.3 is 0 Å². The van der Waals surface area contributed by atoms with Gasteiger partial charge in [-0.1, -0.05) is 18.2 Å². The lowest BCUT2D eigenvalue weighted by atomic mass is 10.1. The second-order valence-electron chi connectivity index (χ2n) is 4.88. The first-order valence-corrected chi connectivity index (χ1v) is 7.52. The summed E-state index contributed by atoms with van der Waals surface area (Å²) in [5.41, 5.74) is 2.88. The first-order valence-electron chi connectivity index (χ1n) is 6.70. The van der Waals surface area contributed by atoms with E-state index in [0.717, 1.165) is 21.9 Å². The molecule has 0 aliphatic rings. The van der Waals surface area contributed by atoms with E-state index < -0.39 is 0 Å². The number of aryl methyl sites for hydroxylation is 2. The molecular formula is C16H19NO3S. The first kappa shape index (κ1) is 15.7. The molecule has 1 aromatic carbocycles. The van der Waals surface area contributed by atoms with Crippen LogP contribution in [-0.4, -0.2) is 17.9 Å². The quantitative estimate of drug-likeness (QED) is 0.764. The summed E-state index contributed by atoms with van der Waals surface area (Å²) < 4.78 is 11.0. The van der Waals surface area contributed by atoms with E-state index in [1.807, 2.05) is 32.0 Å². The van der Waals surface area contributed by atoms with Gasteiger partial charge in [0.2, 0.25) is 0 Å². The van der Waals surface area contributed by atoms with Crippen molar-refractivity contribution in [3.05, 3.63) is 44.9 Å². The number of ketones is 1. The van der Waals surface area contributed by atoms with Gasteiger partial charge in [-0.25, -0.2) is 4.98 Å². The number of ether oxygens (including phenoxy) is 2. The van der Waals surface area contributed by atoms with Crippen LogP contribution in [0.4, 0.5) is 0 Å². The maximum absolute atomic E-state index is 11.6. The molecule has 112 valence electrons. The smallest absolute Gasteiger partial charge is 0.171 e. The van der Waals surface area contributed by atoms with E-state index in [2.05, 4.69) is 4.98 Å². The van der Waals surface area contributed by atoms with Crippen molar-refractivity contribution in [1.82, 2.24) is 4.98 Å². The fraction of sp³-hybridized carbons (Fsp3) is 0.375. The molecule has 0 N–H and O–H groups in total. The highest BCUT2D eigenvalue weighted by Crippen LogP contribution is 2.25. The molecule has 2 aromatic rings. The molecule has 0 atom stereocenters. The second-order valence-corrected chi connectivity index (χ2v) is 5.97. The Kier molecular flexibility index (Phi) is 5.09. The third-order valence-electron chi connectivity index (χ3n) is 3.09. The first-order chi connectivity index (χ1) is 10.0. The molecule has 0 amide bonds. The lowest BCUT2D eigenvalue weighted by molar-refractivity contribution is 0.101. The lowest BCUT2D eigenvalue weighted by Gasteiger charge is -2.10. The van der Waals surface area contributed by atoms with Crippen LogP contribution in [0, 0.1) is 13.8 Å². The van der Waals surface area contributed by atoms with Gasteiger partial charge in [0.15, 0.2) is 5.78 Å². The van der Waals surface area contributed by atoms with Gasteiger partial charge in [0.25, 0.3) is 0 Å². The fourth-order valence-electron chi connectivity index (χ4n) is 2.13. The lowest BCUT2D eigenvalue weighted by Crippen LogP contribution is -1.99. The molecule has 0 aliphatic heterocycles. The minimum absolute atomic E-state index is 0.0119.